The molecule has 0 N–H and O–H groups in total. The molecular formula is C8H8N2O4S2. The molecule has 0 radical (unpaired) electrons. The molecule has 2 saturated heterocycles. The first-order chi connectivity index (χ1) is 7.59. The molecule has 2 aliphatic rings. The Labute approximate surface area is 99.4 Å². The summed E-state index contributed by atoms with van der Waals surface area (Å²) in [5, 5.41) is 0. The van der Waals surface area contributed by atoms with Crippen LogP contribution in [0.25, 0.3) is 0 Å². The Kier molecular flexibility index (Phi) is 3.20. The molecule has 2 aliphatic heterocycles. The Morgan fingerprint density at radius 3 is 1.12 bits per heavy atom. The van der Waals surface area contributed by atoms with Crippen LogP contribution in [0.15, 0.2) is 0 Å². The van der Waals surface area contributed by atoms with Gasteiger partial charge < -0.3 is 0 Å². The molecular weight excluding hydrogens is 252 g/mol. The zero-order valence-corrected chi connectivity index (χ0v) is 9.81. The van der Waals surface area contributed by atoms with Crippen LogP contribution < -0.4 is 0 Å². The van der Waals surface area contributed by atoms with Gasteiger partial charge >= 0.3 is 0 Å². The summed E-state index contributed by atoms with van der Waals surface area (Å²) < 4.78 is 2.01. The maximum atomic E-state index is 11.2. The van der Waals surface area contributed by atoms with Gasteiger partial charge in [-0.05, 0) is 0 Å². The third-order valence-electron chi connectivity index (χ3n) is 2.19. The smallest absolute Gasteiger partial charge is 0.240 e. The molecule has 0 atom stereocenters. The van der Waals surface area contributed by atoms with E-state index in [-0.39, 0.29) is 49.3 Å². The lowest BCUT2D eigenvalue weighted by Gasteiger charge is -2.15. The highest BCUT2D eigenvalue weighted by Gasteiger charge is 2.35. The summed E-state index contributed by atoms with van der Waals surface area (Å²) in [5.74, 6) is -1.11. The van der Waals surface area contributed by atoms with Crippen molar-refractivity contribution in [2.45, 2.75) is 25.7 Å². The second-order valence-electron chi connectivity index (χ2n) is 3.31. The first-order valence-corrected chi connectivity index (χ1v) is 6.72. The Balaban J connectivity index is 1.92. The molecule has 0 bridgehead atoms. The highest BCUT2D eigenvalue weighted by molar-refractivity contribution is 8.75. The van der Waals surface area contributed by atoms with Gasteiger partial charge in [-0.1, -0.05) is 0 Å². The van der Waals surface area contributed by atoms with Crippen LogP contribution in [0.5, 0.6) is 0 Å². The van der Waals surface area contributed by atoms with E-state index in [9.17, 15) is 19.2 Å². The van der Waals surface area contributed by atoms with Crippen molar-refractivity contribution in [3.8, 4) is 0 Å². The highest BCUT2D eigenvalue weighted by Crippen LogP contribution is 2.36. The van der Waals surface area contributed by atoms with Crippen molar-refractivity contribution >= 4 is 45.6 Å². The molecule has 2 fully saturated rings. The fourth-order valence-electron chi connectivity index (χ4n) is 1.35. The van der Waals surface area contributed by atoms with Crippen molar-refractivity contribution in [1.82, 2.24) is 8.61 Å². The Bertz CT molecular complexity index is 316. The normalized spacial score (nSPS) is 21.5. The predicted octanol–water partition coefficient (Wildman–Crippen LogP) is 0.496. The predicted molar refractivity (Wildman–Crippen MR) is 57.4 cm³/mol. The molecule has 0 aliphatic carbocycles. The Morgan fingerprint density at radius 2 is 0.875 bits per heavy atom. The third kappa shape index (κ3) is 2.07. The van der Waals surface area contributed by atoms with Crippen molar-refractivity contribution in [1.29, 1.82) is 0 Å². The minimum absolute atomic E-state index is 0.203. The van der Waals surface area contributed by atoms with Crippen molar-refractivity contribution in [3.05, 3.63) is 0 Å². The Hall–Kier alpha value is -1.02. The van der Waals surface area contributed by atoms with Crippen LogP contribution >= 0.6 is 22.0 Å². The third-order valence-corrected chi connectivity index (χ3v) is 4.47. The van der Waals surface area contributed by atoms with Gasteiger partial charge in [0.25, 0.3) is 0 Å². The van der Waals surface area contributed by atoms with Crippen LogP contribution in [0.3, 0.4) is 0 Å². The maximum absolute atomic E-state index is 11.2. The SMILES string of the molecule is O=C1CCC(=O)N1SSN1C(=O)CCC1=O. The van der Waals surface area contributed by atoms with Crippen molar-refractivity contribution in [2.75, 3.05) is 0 Å². The van der Waals surface area contributed by atoms with Crippen LogP contribution in [0.1, 0.15) is 25.7 Å². The fourth-order valence-corrected chi connectivity index (χ4v) is 3.57. The van der Waals surface area contributed by atoms with Crippen molar-refractivity contribution in [3.63, 3.8) is 0 Å². The molecule has 0 spiro atoms. The van der Waals surface area contributed by atoms with Crippen LogP contribution in [-0.2, 0) is 19.2 Å². The van der Waals surface area contributed by atoms with Gasteiger partial charge in [-0.25, -0.2) is 8.61 Å². The van der Waals surface area contributed by atoms with Gasteiger partial charge in [-0.2, -0.15) is 0 Å². The number of amides is 4. The number of imide groups is 2. The molecule has 0 aromatic rings. The number of hydrogen-bond donors (Lipinski definition) is 0. The largest absolute Gasteiger partial charge is 0.273 e. The lowest BCUT2D eigenvalue weighted by molar-refractivity contribution is -0.133. The van der Waals surface area contributed by atoms with Gasteiger partial charge in [0.05, 0.1) is 22.0 Å². The van der Waals surface area contributed by atoms with Gasteiger partial charge in [0.15, 0.2) is 0 Å². The van der Waals surface area contributed by atoms with Gasteiger partial charge in [-0.3, -0.25) is 19.2 Å². The first-order valence-electron chi connectivity index (χ1n) is 4.66. The summed E-state index contributed by atoms with van der Waals surface area (Å²) in [4.78, 5) is 44.9. The van der Waals surface area contributed by atoms with E-state index in [2.05, 4.69) is 0 Å². The lowest BCUT2D eigenvalue weighted by Crippen LogP contribution is -2.24. The lowest BCUT2D eigenvalue weighted by atomic mass is 10.4. The molecule has 0 aromatic heterocycles. The van der Waals surface area contributed by atoms with E-state index in [1.165, 1.54) is 0 Å². The molecule has 16 heavy (non-hydrogen) atoms. The monoisotopic (exact) mass is 260 g/mol. The summed E-state index contributed by atoms with van der Waals surface area (Å²) in [5.41, 5.74) is 0. The van der Waals surface area contributed by atoms with E-state index >= 15 is 0 Å². The minimum atomic E-state index is -0.276. The van der Waals surface area contributed by atoms with E-state index in [4.69, 9.17) is 0 Å². The van der Waals surface area contributed by atoms with Crippen LogP contribution in [0.4, 0.5) is 0 Å². The highest BCUT2D eigenvalue weighted by atomic mass is 33.1. The second kappa shape index (κ2) is 4.46. The average Bonchev–Trinajstić information content (AvgIpc) is 2.72. The Morgan fingerprint density at radius 1 is 0.625 bits per heavy atom. The number of rotatable bonds is 3. The van der Waals surface area contributed by atoms with Gasteiger partial charge in [0.2, 0.25) is 23.6 Å². The van der Waals surface area contributed by atoms with Gasteiger partial charge in [0, 0.05) is 25.7 Å². The van der Waals surface area contributed by atoms with Gasteiger partial charge in [0.1, 0.15) is 0 Å². The van der Waals surface area contributed by atoms with Crippen LogP contribution in [0.2, 0.25) is 0 Å². The van der Waals surface area contributed by atoms with Crippen molar-refractivity contribution in [2.24, 2.45) is 0 Å². The topological polar surface area (TPSA) is 74.8 Å². The van der Waals surface area contributed by atoms with E-state index in [1.807, 2.05) is 0 Å². The molecule has 0 saturated carbocycles. The molecule has 86 valence electrons. The summed E-state index contributed by atoms with van der Waals surface area (Å²) in [6.45, 7) is 0. The van der Waals surface area contributed by atoms with E-state index < -0.39 is 0 Å². The number of nitrogens with zero attached hydrogens (tertiary/aromatic N) is 2. The molecule has 2 heterocycles. The molecule has 2 rings (SSSR count). The quantitative estimate of drug-likeness (QED) is 0.418. The second-order valence-corrected chi connectivity index (χ2v) is 5.24. The van der Waals surface area contributed by atoms with E-state index in [1.54, 1.807) is 0 Å². The van der Waals surface area contributed by atoms with Crippen LogP contribution in [0, 0.1) is 0 Å². The first kappa shape index (κ1) is 11.5. The zero-order chi connectivity index (χ0) is 11.7. The van der Waals surface area contributed by atoms with E-state index in [0.29, 0.717) is 0 Å². The standard InChI is InChI=1S/C8H8N2O4S2/c11-5-1-2-6(12)9(5)15-16-10-7(13)3-4-8(10)14/h1-4H2. The van der Waals surface area contributed by atoms with Crippen molar-refractivity contribution < 1.29 is 19.2 Å². The number of carbonyl (C=O) groups excluding carboxylic acids is 4. The average molecular weight is 260 g/mol. The molecule has 4 amide bonds. The molecule has 0 aromatic carbocycles. The fraction of sp³-hybridized carbons (Fsp3) is 0.500. The summed E-state index contributed by atoms with van der Waals surface area (Å²) >= 11 is 0. The summed E-state index contributed by atoms with van der Waals surface area (Å²) in [7, 11) is 1.68. The molecule has 6 nitrogen and oxygen atoms in total. The maximum Gasteiger partial charge on any atom is 0.240 e. The van der Waals surface area contributed by atoms with Crippen LogP contribution in [-0.4, -0.2) is 32.2 Å². The summed E-state index contributed by atoms with van der Waals surface area (Å²) in [6.07, 6.45) is 0.811. The summed E-state index contributed by atoms with van der Waals surface area (Å²) in [6, 6.07) is 0. The van der Waals surface area contributed by atoms with Gasteiger partial charge in [-0.15, -0.1) is 0 Å². The molecule has 0 unspecified atom stereocenters. The number of hydrogen-bond acceptors (Lipinski definition) is 6. The van der Waals surface area contributed by atoms with E-state index in [0.717, 1.165) is 30.6 Å². The molecule has 8 heteroatoms. The minimum Gasteiger partial charge on any atom is -0.273 e. The zero-order valence-electron chi connectivity index (χ0n) is 8.17. The number of carbonyl (C=O) groups is 4.